The molecular formula is C16H21N3O. The molecule has 2 aromatic rings. The first-order chi connectivity index (χ1) is 9.85. The lowest BCUT2D eigenvalue weighted by Gasteiger charge is -2.13. The topological polar surface area (TPSA) is 41.3 Å². The summed E-state index contributed by atoms with van der Waals surface area (Å²) >= 11 is 0. The Morgan fingerprint density at radius 3 is 3.00 bits per heavy atom. The fraction of sp³-hybridized carbons (Fsp3) is 0.438. The Bertz CT molecular complexity index is 538. The van der Waals surface area contributed by atoms with E-state index in [2.05, 4.69) is 33.6 Å². The standard InChI is InChI=1S/C16H21N3O/c1-17-10-13-7-8-19(11-13)12-15-9-16(18-20-15)14-5-3-2-4-6-14/h2-6,9,13,17H,7-8,10-12H2,1H3. The Kier molecular flexibility index (Phi) is 4.14. The van der Waals surface area contributed by atoms with Crippen molar-refractivity contribution in [3.8, 4) is 11.3 Å². The van der Waals surface area contributed by atoms with E-state index in [1.54, 1.807) is 0 Å². The van der Waals surface area contributed by atoms with Crippen molar-refractivity contribution in [3.63, 3.8) is 0 Å². The first kappa shape index (κ1) is 13.3. The summed E-state index contributed by atoms with van der Waals surface area (Å²) in [6.45, 7) is 4.25. The number of benzene rings is 1. The van der Waals surface area contributed by atoms with Crippen LogP contribution in [0, 0.1) is 5.92 Å². The Labute approximate surface area is 119 Å². The van der Waals surface area contributed by atoms with Crippen LogP contribution in [-0.4, -0.2) is 36.7 Å². The molecule has 0 aliphatic carbocycles. The van der Waals surface area contributed by atoms with Crippen LogP contribution in [0.5, 0.6) is 0 Å². The average molecular weight is 271 g/mol. The molecule has 4 heteroatoms. The Hall–Kier alpha value is -1.65. The van der Waals surface area contributed by atoms with Gasteiger partial charge in [-0.15, -0.1) is 0 Å². The lowest BCUT2D eigenvalue weighted by molar-refractivity contribution is 0.266. The van der Waals surface area contributed by atoms with Crippen LogP contribution in [0.2, 0.25) is 0 Å². The molecule has 1 N–H and O–H groups in total. The average Bonchev–Trinajstić information content (AvgIpc) is 3.11. The highest BCUT2D eigenvalue weighted by Gasteiger charge is 2.22. The van der Waals surface area contributed by atoms with Crippen LogP contribution >= 0.6 is 0 Å². The maximum absolute atomic E-state index is 5.47. The summed E-state index contributed by atoms with van der Waals surface area (Å²) in [7, 11) is 2.02. The van der Waals surface area contributed by atoms with Gasteiger partial charge < -0.3 is 9.84 Å². The first-order valence-corrected chi connectivity index (χ1v) is 7.23. The highest BCUT2D eigenvalue weighted by atomic mass is 16.5. The van der Waals surface area contributed by atoms with Crippen LogP contribution in [-0.2, 0) is 6.54 Å². The van der Waals surface area contributed by atoms with Crippen molar-refractivity contribution in [2.45, 2.75) is 13.0 Å². The number of likely N-dealkylation sites (tertiary alicyclic amines) is 1. The van der Waals surface area contributed by atoms with Gasteiger partial charge in [-0.05, 0) is 32.5 Å². The van der Waals surface area contributed by atoms with Gasteiger partial charge in [-0.1, -0.05) is 35.5 Å². The van der Waals surface area contributed by atoms with Gasteiger partial charge in [0.2, 0.25) is 0 Å². The molecule has 0 amide bonds. The van der Waals surface area contributed by atoms with Crippen molar-refractivity contribution in [3.05, 3.63) is 42.2 Å². The Morgan fingerprint density at radius 1 is 1.35 bits per heavy atom. The maximum Gasteiger partial charge on any atom is 0.151 e. The lowest BCUT2D eigenvalue weighted by atomic mass is 10.1. The van der Waals surface area contributed by atoms with Gasteiger partial charge in [-0.3, -0.25) is 4.90 Å². The Morgan fingerprint density at radius 2 is 2.20 bits per heavy atom. The second kappa shape index (κ2) is 6.20. The van der Waals surface area contributed by atoms with Gasteiger partial charge in [0.1, 0.15) is 5.69 Å². The molecule has 0 bridgehead atoms. The predicted octanol–water partition coefficient (Wildman–Crippen LogP) is 2.38. The van der Waals surface area contributed by atoms with Crippen molar-refractivity contribution in [1.82, 2.24) is 15.4 Å². The van der Waals surface area contributed by atoms with Gasteiger partial charge in [0.15, 0.2) is 5.76 Å². The van der Waals surface area contributed by atoms with Crippen molar-refractivity contribution in [1.29, 1.82) is 0 Å². The summed E-state index contributed by atoms with van der Waals surface area (Å²) in [6.07, 6.45) is 1.26. The first-order valence-electron chi connectivity index (χ1n) is 7.23. The van der Waals surface area contributed by atoms with E-state index in [4.69, 9.17) is 4.52 Å². The van der Waals surface area contributed by atoms with Crippen LogP contribution in [0.25, 0.3) is 11.3 Å². The molecular weight excluding hydrogens is 250 g/mol. The minimum Gasteiger partial charge on any atom is -0.359 e. The number of rotatable bonds is 5. The molecule has 2 heterocycles. The molecule has 0 radical (unpaired) electrons. The molecule has 4 nitrogen and oxygen atoms in total. The quantitative estimate of drug-likeness (QED) is 0.906. The van der Waals surface area contributed by atoms with Crippen LogP contribution in [0.4, 0.5) is 0 Å². The fourth-order valence-electron chi connectivity index (χ4n) is 2.86. The van der Waals surface area contributed by atoms with Crippen LogP contribution < -0.4 is 5.32 Å². The second-order valence-corrected chi connectivity index (χ2v) is 5.49. The van der Waals surface area contributed by atoms with E-state index < -0.39 is 0 Å². The number of hydrogen-bond donors (Lipinski definition) is 1. The van der Waals surface area contributed by atoms with E-state index in [0.717, 1.165) is 49.1 Å². The lowest BCUT2D eigenvalue weighted by Crippen LogP contribution is -2.24. The van der Waals surface area contributed by atoms with Gasteiger partial charge in [-0.25, -0.2) is 0 Å². The molecule has 1 aliphatic heterocycles. The van der Waals surface area contributed by atoms with E-state index in [1.165, 1.54) is 6.42 Å². The zero-order valence-corrected chi connectivity index (χ0v) is 11.9. The monoisotopic (exact) mass is 271 g/mol. The molecule has 3 rings (SSSR count). The molecule has 1 saturated heterocycles. The second-order valence-electron chi connectivity index (χ2n) is 5.49. The molecule has 0 spiro atoms. The largest absolute Gasteiger partial charge is 0.359 e. The van der Waals surface area contributed by atoms with Crippen LogP contribution in [0.15, 0.2) is 40.9 Å². The van der Waals surface area contributed by atoms with E-state index in [0.29, 0.717) is 0 Å². The molecule has 1 fully saturated rings. The van der Waals surface area contributed by atoms with Gasteiger partial charge >= 0.3 is 0 Å². The summed E-state index contributed by atoms with van der Waals surface area (Å²) in [5.41, 5.74) is 2.03. The Balaban J connectivity index is 1.61. The third-order valence-corrected chi connectivity index (χ3v) is 3.87. The molecule has 1 aromatic carbocycles. The summed E-state index contributed by atoms with van der Waals surface area (Å²) in [4.78, 5) is 2.44. The fourth-order valence-corrected chi connectivity index (χ4v) is 2.86. The third kappa shape index (κ3) is 3.08. The van der Waals surface area contributed by atoms with E-state index >= 15 is 0 Å². The highest BCUT2D eigenvalue weighted by molar-refractivity contribution is 5.58. The maximum atomic E-state index is 5.47. The smallest absolute Gasteiger partial charge is 0.151 e. The third-order valence-electron chi connectivity index (χ3n) is 3.87. The van der Waals surface area contributed by atoms with Crippen molar-refractivity contribution >= 4 is 0 Å². The summed E-state index contributed by atoms with van der Waals surface area (Å²) in [6, 6.07) is 12.2. The van der Waals surface area contributed by atoms with Crippen molar-refractivity contribution in [2.24, 2.45) is 5.92 Å². The molecule has 1 aliphatic rings. The van der Waals surface area contributed by atoms with Crippen molar-refractivity contribution in [2.75, 3.05) is 26.7 Å². The van der Waals surface area contributed by atoms with E-state index in [1.807, 2.05) is 25.2 Å². The minimum atomic E-state index is 0.761. The molecule has 0 saturated carbocycles. The van der Waals surface area contributed by atoms with E-state index in [-0.39, 0.29) is 0 Å². The molecule has 106 valence electrons. The predicted molar refractivity (Wildman–Crippen MR) is 79.2 cm³/mol. The van der Waals surface area contributed by atoms with Gasteiger partial charge in [0, 0.05) is 18.2 Å². The van der Waals surface area contributed by atoms with Crippen molar-refractivity contribution < 1.29 is 4.52 Å². The minimum absolute atomic E-state index is 0.761. The van der Waals surface area contributed by atoms with Gasteiger partial charge in [0.25, 0.3) is 0 Å². The normalized spacial score (nSPS) is 19.6. The van der Waals surface area contributed by atoms with Gasteiger partial charge in [0.05, 0.1) is 6.54 Å². The molecule has 20 heavy (non-hydrogen) atoms. The van der Waals surface area contributed by atoms with Crippen LogP contribution in [0.1, 0.15) is 12.2 Å². The number of aromatic nitrogens is 1. The zero-order valence-electron chi connectivity index (χ0n) is 11.9. The zero-order chi connectivity index (χ0) is 13.8. The van der Waals surface area contributed by atoms with Gasteiger partial charge in [-0.2, -0.15) is 0 Å². The van der Waals surface area contributed by atoms with Crippen LogP contribution in [0.3, 0.4) is 0 Å². The summed E-state index contributed by atoms with van der Waals surface area (Å²) in [5.74, 6) is 1.71. The number of hydrogen-bond acceptors (Lipinski definition) is 4. The molecule has 1 unspecified atom stereocenters. The number of nitrogens with one attached hydrogen (secondary N) is 1. The number of nitrogens with zero attached hydrogens (tertiary/aromatic N) is 2. The SMILES string of the molecule is CNCC1CCN(Cc2cc(-c3ccccc3)no2)C1. The molecule has 1 aromatic heterocycles. The van der Waals surface area contributed by atoms with E-state index in [9.17, 15) is 0 Å². The summed E-state index contributed by atoms with van der Waals surface area (Å²) in [5, 5.41) is 7.43. The highest BCUT2D eigenvalue weighted by Crippen LogP contribution is 2.22. The molecule has 1 atom stereocenters. The summed E-state index contributed by atoms with van der Waals surface area (Å²) < 4.78 is 5.47.